The fraction of sp³-hybridized carbons (Fsp3) is 0.417. The summed E-state index contributed by atoms with van der Waals surface area (Å²) in [6, 6.07) is 10.4. The molecule has 1 N–H and O–H groups in total. The molecule has 2 aromatic carbocycles. The van der Waals surface area contributed by atoms with Crippen molar-refractivity contribution in [2.75, 3.05) is 24.2 Å². The molecule has 0 aromatic heterocycles. The molecule has 0 heterocycles. The van der Waals surface area contributed by atoms with Gasteiger partial charge in [-0.3, -0.25) is 13.9 Å². The monoisotopic (exact) mass is 543 g/mol. The van der Waals surface area contributed by atoms with Gasteiger partial charge in [0, 0.05) is 22.6 Å². The Labute approximate surface area is 217 Å². The minimum atomic E-state index is -3.88. The van der Waals surface area contributed by atoms with Crippen molar-refractivity contribution in [1.82, 2.24) is 10.2 Å². The van der Waals surface area contributed by atoms with Crippen LogP contribution >= 0.6 is 23.2 Å². The Morgan fingerprint density at radius 3 is 2.31 bits per heavy atom. The molecular weight excluding hydrogens is 513 g/mol. The lowest BCUT2D eigenvalue weighted by molar-refractivity contribution is -0.140. The van der Waals surface area contributed by atoms with E-state index in [0.717, 1.165) is 10.6 Å². The molecule has 0 aliphatic carbocycles. The van der Waals surface area contributed by atoms with E-state index in [1.807, 2.05) is 13.8 Å². The first kappa shape index (κ1) is 28.7. The highest BCUT2D eigenvalue weighted by Gasteiger charge is 2.33. The third-order valence-electron chi connectivity index (χ3n) is 5.21. The molecule has 2 rings (SSSR count). The lowest BCUT2D eigenvalue weighted by Gasteiger charge is -2.33. The molecule has 2 aromatic rings. The highest BCUT2D eigenvalue weighted by Crippen LogP contribution is 2.30. The first-order valence-electron chi connectivity index (χ1n) is 11.0. The van der Waals surface area contributed by atoms with Gasteiger partial charge in [-0.1, -0.05) is 48.3 Å². The Morgan fingerprint density at radius 2 is 1.77 bits per heavy atom. The van der Waals surface area contributed by atoms with Gasteiger partial charge >= 0.3 is 0 Å². The molecular formula is C24H31Cl2N3O5S. The van der Waals surface area contributed by atoms with E-state index in [9.17, 15) is 18.0 Å². The van der Waals surface area contributed by atoms with Crippen LogP contribution in [0, 0.1) is 0 Å². The van der Waals surface area contributed by atoms with E-state index in [2.05, 4.69) is 5.32 Å². The average Bonchev–Trinajstić information content (AvgIpc) is 2.77. The normalized spacial score (nSPS) is 12.2. The van der Waals surface area contributed by atoms with Crippen molar-refractivity contribution in [3.8, 4) is 5.75 Å². The van der Waals surface area contributed by atoms with Gasteiger partial charge < -0.3 is 15.0 Å². The van der Waals surface area contributed by atoms with Gasteiger partial charge in [-0.2, -0.15) is 0 Å². The summed E-state index contributed by atoms with van der Waals surface area (Å²) in [5.74, 6) is -0.621. The molecule has 2 amide bonds. The molecule has 0 radical (unpaired) electrons. The number of amides is 2. The molecule has 0 aliphatic rings. The minimum absolute atomic E-state index is 0.0115. The number of carbonyl (C=O) groups is 2. The van der Waals surface area contributed by atoms with Gasteiger partial charge in [-0.25, -0.2) is 8.42 Å². The number of rotatable bonds is 11. The summed E-state index contributed by atoms with van der Waals surface area (Å²) in [5, 5.41) is 3.60. The van der Waals surface area contributed by atoms with Gasteiger partial charge in [0.15, 0.2) is 0 Å². The number of methoxy groups -OCH3 is 1. The van der Waals surface area contributed by atoms with Crippen LogP contribution < -0.4 is 14.4 Å². The number of sulfonamides is 1. The number of ether oxygens (including phenoxy) is 1. The molecule has 192 valence electrons. The van der Waals surface area contributed by atoms with Crippen molar-refractivity contribution >= 4 is 50.7 Å². The third kappa shape index (κ3) is 7.75. The van der Waals surface area contributed by atoms with E-state index in [1.54, 1.807) is 49.4 Å². The van der Waals surface area contributed by atoms with Gasteiger partial charge in [0.1, 0.15) is 18.3 Å². The number of hydrogen-bond donors (Lipinski definition) is 1. The van der Waals surface area contributed by atoms with Gasteiger partial charge in [0.25, 0.3) is 0 Å². The Balaban J connectivity index is 2.51. The number of anilines is 1. The summed E-state index contributed by atoms with van der Waals surface area (Å²) >= 11 is 12.4. The molecule has 11 heteroatoms. The maximum atomic E-state index is 13.7. The zero-order chi connectivity index (χ0) is 26.3. The highest BCUT2D eigenvalue weighted by atomic mass is 35.5. The third-order valence-corrected chi connectivity index (χ3v) is 6.92. The number of benzene rings is 2. The second-order valence-corrected chi connectivity index (χ2v) is 11.0. The largest absolute Gasteiger partial charge is 0.495 e. The zero-order valence-corrected chi connectivity index (χ0v) is 22.7. The number of carbonyl (C=O) groups excluding carboxylic acids is 2. The number of nitrogens with zero attached hydrogens (tertiary/aromatic N) is 2. The lowest BCUT2D eigenvalue weighted by Crippen LogP contribution is -2.53. The highest BCUT2D eigenvalue weighted by molar-refractivity contribution is 7.92. The maximum Gasteiger partial charge on any atom is 0.244 e. The predicted molar refractivity (Wildman–Crippen MR) is 140 cm³/mol. The van der Waals surface area contributed by atoms with Crippen LogP contribution in [0.25, 0.3) is 0 Å². The van der Waals surface area contributed by atoms with Crippen LogP contribution in [-0.4, -0.2) is 57.1 Å². The van der Waals surface area contributed by atoms with Crippen molar-refractivity contribution in [3.63, 3.8) is 0 Å². The summed E-state index contributed by atoms with van der Waals surface area (Å²) in [5.41, 5.74) is 0.790. The molecule has 0 fully saturated rings. The maximum absolute atomic E-state index is 13.7. The summed E-state index contributed by atoms with van der Waals surface area (Å²) in [6.45, 7) is 4.88. The average molecular weight is 545 g/mol. The van der Waals surface area contributed by atoms with E-state index in [1.165, 1.54) is 12.0 Å². The van der Waals surface area contributed by atoms with E-state index >= 15 is 0 Å². The van der Waals surface area contributed by atoms with Crippen molar-refractivity contribution in [2.45, 2.75) is 45.8 Å². The molecule has 0 bridgehead atoms. The fourth-order valence-electron chi connectivity index (χ4n) is 3.56. The van der Waals surface area contributed by atoms with Gasteiger partial charge in [0.05, 0.1) is 19.1 Å². The molecule has 0 unspecified atom stereocenters. The van der Waals surface area contributed by atoms with Crippen molar-refractivity contribution in [3.05, 3.63) is 58.1 Å². The molecule has 0 saturated carbocycles. The number of halogens is 2. The van der Waals surface area contributed by atoms with Gasteiger partial charge in [0.2, 0.25) is 21.8 Å². The van der Waals surface area contributed by atoms with E-state index < -0.39 is 28.5 Å². The SMILES string of the molecule is CC[C@H](C(=O)NC(C)C)N(Cc1ccc(Cl)cc1Cl)C(=O)CN(c1ccccc1OC)S(C)(=O)=O. The van der Waals surface area contributed by atoms with Crippen LogP contribution in [0.2, 0.25) is 10.0 Å². The molecule has 0 saturated heterocycles. The van der Waals surface area contributed by atoms with Crippen molar-refractivity contribution < 1.29 is 22.7 Å². The van der Waals surface area contributed by atoms with Gasteiger partial charge in [-0.15, -0.1) is 0 Å². The summed E-state index contributed by atoms with van der Waals surface area (Å²) < 4.78 is 31.7. The fourth-order valence-corrected chi connectivity index (χ4v) is 4.89. The standard InChI is InChI=1S/C24H31Cl2N3O5S/c1-6-20(24(31)27-16(2)3)28(14-17-11-12-18(25)13-19(17)26)23(30)15-29(35(5,32)33)21-9-7-8-10-22(21)34-4/h7-13,16,20H,6,14-15H2,1-5H3,(H,27,31)/t20-/m1/s1. The minimum Gasteiger partial charge on any atom is -0.495 e. The smallest absolute Gasteiger partial charge is 0.244 e. The predicted octanol–water partition coefficient (Wildman–Crippen LogP) is 4.10. The van der Waals surface area contributed by atoms with E-state index in [4.69, 9.17) is 27.9 Å². The molecule has 0 aliphatic heterocycles. The second-order valence-electron chi connectivity index (χ2n) is 8.29. The van der Waals surface area contributed by atoms with Crippen LogP contribution in [0.1, 0.15) is 32.8 Å². The van der Waals surface area contributed by atoms with Crippen LogP contribution in [0.5, 0.6) is 5.75 Å². The lowest BCUT2D eigenvalue weighted by atomic mass is 10.1. The summed E-state index contributed by atoms with van der Waals surface area (Å²) in [6.07, 6.45) is 1.32. The number of nitrogens with one attached hydrogen (secondary N) is 1. The van der Waals surface area contributed by atoms with Crippen LogP contribution in [0.3, 0.4) is 0 Å². The van der Waals surface area contributed by atoms with Crippen LogP contribution in [0.4, 0.5) is 5.69 Å². The van der Waals surface area contributed by atoms with Crippen LogP contribution in [-0.2, 0) is 26.2 Å². The van der Waals surface area contributed by atoms with Crippen molar-refractivity contribution in [1.29, 1.82) is 0 Å². The molecule has 1 atom stereocenters. The Bertz CT molecular complexity index is 1160. The Morgan fingerprint density at radius 1 is 1.11 bits per heavy atom. The van der Waals surface area contributed by atoms with Gasteiger partial charge in [-0.05, 0) is 50.1 Å². The van der Waals surface area contributed by atoms with Crippen LogP contribution in [0.15, 0.2) is 42.5 Å². The Kier molecular flexibility index (Phi) is 10.2. The summed E-state index contributed by atoms with van der Waals surface area (Å²) in [7, 11) is -2.46. The molecule has 35 heavy (non-hydrogen) atoms. The first-order chi connectivity index (χ1) is 16.4. The van der Waals surface area contributed by atoms with E-state index in [-0.39, 0.29) is 24.2 Å². The zero-order valence-electron chi connectivity index (χ0n) is 20.4. The molecule has 8 nitrogen and oxygen atoms in total. The summed E-state index contributed by atoms with van der Waals surface area (Å²) in [4.78, 5) is 28.0. The van der Waals surface area contributed by atoms with E-state index in [0.29, 0.717) is 27.8 Å². The second kappa shape index (κ2) is 12.5. The Hall–Kier alpha value is -2.49. The van der Waals surface area contributed by atoms with Crippen molar-refractivity contribution in [2.24, 2.45) is 0 Å². The number of hydrogen-bond acceptors (Lipinski definition) is 5. The quantitative estimate of drug-likeness (QED) is 0.460. The number of para-hydroxylation sites is 2. The molecule has 0 spiro atoms. The topological polar surface area (TPSA) is 96.0 Å². The first-order valence-corrected chi connectivity index (χ1v) is 13.6.